The number of halogens is 1. The molecule has 21 heavy (non-hydrogen) atoms. The van der Waals surface area contributed by atoms with E-state index in [0.29, 0.717) is 17.0 Å². The fourth-order valence-corrected chi connectivity index (χ4v) is 3.03. The van der Waals surface area contributed by atoms with Gasteiger partial charge in [0.25, 0.3) is 0 Å². The average Bonchev–Trinajstić information content (AvgIpc) is 2.46. The molecule has 1 saturated heterocycles. The number of Topliss-reactive ketones (excluding diaryl/α,β-unsaturated/α-hetero) is 1. The van der Waals surface area contributed by atoms with Gasteiger partial charge < -0.3 is 9.80 Å². The highest BCUT2D eigenvalue weighted by atomic mass is 35.5. The predicted molar refractivity (Wildman–Crippen MR) is 88.1 cm³/mol. The summed E-state index contributed by atoms with van der Waals surface area (Å²) in [6, 6.07) is 7.31. The third-order valence-corrected chi connectivity index (χ3v) is 4.25. The standard InChI is InChI=1S/C17H25ClN2O/c1-14(2)13-20-11-9-19(10-12-20)8-7-17(21)15-5-3-4-6-16(15)18/h3-6,14H,7-13H2,1-2H3. The molecular weight excluding hydrogens is 284 g/mol. The van der Waals surface area contributed by atoms with E-state index in [1.807, 2.05) is 18.2 Å². The summed E-state index contributed by atoms with van der Waals surface area (Å²) in [7, 11) is 0. The summed E-state index contributed by atoms with van der Waals surface area (Å²) >= 11 is 6.07. The zero-order valence-electron chi connectivity index (χ0n) is 13.0. The van der Waals surface area contributed by atoms with Gasteiger partial charge in [0.05, 0.1) is 5.02 Å². The molecule has 1 aliphatic heterocycles. The molecule has 0 bridgehead atoms. The van der Waals surface area contributed by atoms with Crippen LogP contribution in [0.5, 0.6) is 0 Å². The third-order valence-electron chi connectivity index (χ3n) is 3.92. The van der Waals surface area contributed by atoms with Gasteiger partial charge in [0.15, 0.2) is 5.78 Å². The normalized spacial score (nSPS) is 17.3. The summed E-state index contributed by atoms with van der Waals surface area (Å²) < 4.78 is 0. The van der Waals surface area contributed by atoms with E-state index in [0.717, 1.165) is 38.6 Å². The molecule has 0 N–H and O–H groups in total. The molecule has 1 heterocycles. The number of ketones is 1. The Morgan fingerprint density at radius 1 is 1.14 bits per heavy atom. The first kappa shape index (κ1) is 16.5. The van der Waals surface area contributed by atoms with E-state index in [1.54, 1.807) is 6.07 Å². The van der Waals surface area contributed by atoms with Crippen LogP contribution in [-0.2, 0) is 0 Å². The average molecular weight is 309 g/mol. The molecule has 116 valence electrons. The highest BCUT2D eigenvalue weighted by Gasteiger charge is 2.18. The first-order valence-corrected chi connectivity index (χ1v) is 8.16. The van der Waals surface area contributed by atoms with Crippen molar-refractivity contribution in [3.8, 4) is 0 Å². The molecule has 0 atom stereocenters. The summed E-state index contributed by atoms with van der Waals surface area (Å²) in [5.74, 6) is 0.864. The Kier molecular flexibility index (Phi) is 6.22. The van der Waals surface area contributed by atoms with Crippen molar-refractivity contribution < 1.29 is 4.79 Å². The Labute approximate surface area is 132 Å². The number of carbonyl (C=O) groups excluding carboxylic acids is 1. The largest absolute Gasteiger partial charge is 0.301 e. The molecule has 0 amide bonds. The monoisotopic (exact) mass is 308 g/mol. The number of piperazine rings is 1. The van der Waals surface area contributed by atoms with Crippen LogP contribution in [0.2, 0.25) is 5.02 Å². The summed E-state index contributed by atoms with van der Waals surface area (Å²) in [6.07, 6.45) is 0.550. The Bertz CT molecular complexity index is 468. The highest BCUT2D eigenvalue weighted by Crippen LogP contribution is 2.17. The van der Waals surface area contributed by atoms with E-state index < -0.39 is 0 Å². The van der Waals surface area contributed by atoms with Crippen LogP contribution in [0.25, 0.3) is 0 Å². The second kappa shape index (κ2) is 7.92. The SMILES string of the molecule is CC(C)CN1CCN(CCC(=O)c2ccccc2Cl)CC1. The highest BCUT2D eigenvalue weighted by molar-refractivity contribution is 6.33. The minimum Gasteiger partial charge on any atom is -0.301 e. The van der Waals surface area contributed by atoms with Gasteiger partial charge in [-0.2, -0.15) is 0 Å². The van der Waals surface area contributed by atoms with Crippen LogP contribution in [0, 0.1) is 5.92 Å². The van der Waals surface area contributed by atoms with E-state index in [9.17, 15) is 4.79 Å². The first-order chi connectivity index (χ1) is 10.1. The molecule has 0 radical (unpaired) electrons. The number of carbonyl (C=O) groups is 1. The summed E-state index contributed by atoms with van der Waals surface area (Å²) in [5, 5.41) is 0.559. The van der Waals surface area contributed by atoms with Gasteiger partial charge in [0, 0.05) is 51.3 Å². The Morgan fingerprint density at radius 3 is 2.38 bits per heavy atom. The molecule has 1 aromatic rings. The molecule has 1 aliphatic rings. The molecule has 2 rings (SSSR count). The molecule has 1 fully saturated rings. The van der Waals surface area contributed by atoms with Crippen molar-refractivity contribution in [1.29, 1.82) is 0 Å². The van der Waals surface area contributed by atoms with Crippen LogP contribution in [0.1, 0.15) is 30.6 Å². The van der Waals surface area contributed by atoms with Gasteiger partial charge in [0.1, 0.15) is 0 Å². The van der Waals surface area contributed by atoms with Crippen LogP contribution < -0.4 is 0 Å². The van der Waals surface area contributed by atoms with E-state index in [1.165, 1.54) is 6.54 Å². The molecular formula is C17H25ClN2O. The van der Waals surface area contributed by atoms with Crippen molar-refractivity contribution in [3.05, 3.63) is 34.9 Å². The summed E-state index contributed by atoms with van der Waals surface area (Å²) in [5.41, 5.74) is 0.651. The smallest absolute Gasteiger partial charge is 0.165 e. The van der Waals surface area contributed by atoms with E-state index in [4.69, 9.17) is 11.6 Å². The van der Waals surface area contributed by atoms with Gasteiger partial charge in [-0.25, -0.2) is 0 Å². The lowest BCUT2D eigenvalue weighted by atomic mass is 10.1. The number of benzene rings is 1. The van der Waals surface area contributed by atoms with Gasteiger partial charge in [-0.1, -0.05) is 37.6 Å². The lowest BCUT2D eigenvalue weighted by Gasteiger charge is -2.35. The quantitative estimate of drug-likeness (QED) is 0.754. The zero-order valence-corrected chi connectivity index (χ0v) is 13.8. The number of hydrogen-bond acceptors (Lipinski definition) is 3. The van der Waals surface area contributed by atoms with Crippen molar-refractivity contribution in [2.75, 3.05) is 39.3 Å². The molecule has 0 saturated carbocycles. The fraction of sp³-hybridized carbons (Fsp3) is 0.588. The summed E-state index contributed by atoms with van der Waals surface area (Å²) in [4.78, 5) is 17.1. The molecule has 0 aromatic heterocycles. The van der Waals surface area contributed by atoms with Crippen LogP contribution in [0.4, 0.5) is 0 Å². The second-order valence-electron chi connectivity index (χ2n) is 6.19. The van der Waals surface area contributed by atoms with Gasteiger partial charge in [-0.05, 0) is 18.1 Å². The van der Waals surface area contributed by atoms with E-state index in [2.05, 4.69) is 23.6 Å². The van der Waals surface area contributed by atoms with Crippen molar-refractivity contribution in [2.45, 2.75) is 20.3 Å². The molecule has 4 heteroatoms. The molecule has 1 aromatic carbocycles. The minimum atomic E-state index is 0.144. The van der Waals surface area contributed by atoms with Crippen molar-refractivity contribution in [1.82, 2.24) is 9.80 Å². The van der Waals surface area contributed by atoms with Crippen molar-refractivity contribution in [3.63, 3.8) is 0 Å². The topological polar surface area (TPSA) is 23.6 Å². The number of hydrogen-bond donors (Lipinski definition) is 0. The van der Waals surface area contributed by atoms with Gasteiger partial charge in [0.2, 0.25) is 0 Å². The van der Waals surface area contributed by atoms with Gasteiger partial charge in [-0.15, -0.1) is 0 Å². The predicted octanol–water partition coefficient (Wildman–Crippen LogP) is 3.19. The zero-order chi connectivity index (χ0) is 15.2. The number of nitrogens with zero attached hydrogens (tertiary/aromatic N) is 2. The lowest BCUT2D eigenvalue weighted by Crippen LogP contribution is -2.47. The summed E-state index contributed by atoms with van der Waals surface area (Å²) in [6.45, 7) is 10.9. The van der Waals surface area contributed by atoms with Crippen LogP contribution in [0.3, 0.4) is 0 Å². The molecule has 0 unspecified atom stereocenters. The maximum Gasteiger partial charge on any atom is 0.165 e. The lowest BCUT2D eigenvalue weighted by molar-refractivity contribution is 0.0918. The third kappa shape index (κ3) is 5.10. The Balaban J connectivity index is 1.75. The van der Waals surface area contributed by atoms with E-state index >= 15 is 0 Å². The Hall–Kier alpha value is -0.900. The number of rotatable bonds is 6. The van der Waals surface area contributed by atoms with Crippen molar-refractivity contribution >= 4 is 17.4 Å². The van der Waals surface area contributed by atoms with Gasteiger partial charge in [-0.3, -0.25) is 4.79 Å². The van der Waals surface area contributed by atoms with Crippen LogP contribution >= 0.6 is 11.6 Å². The van der Waals surface area contributed by atoms with Crippen LogP contribution in [-0.4, -0.2) is 54.9 Å². The maximum atomic E-state index is 12.2. The van der Waals surface area contributed by atoms with E-state index in [-0.39, 0.29) is 5.78 Å². The molecule has 3 nitrogen and oxygen atoms in total. The second-order valence-corrected chi connectivity index (χ2v) is 6.60. The van der Waals surface area contributed by atoms with Gasteiger partial charge >= 0.3 is 0 Å². The first-order valence-electron chi connectivity index (χ1n) is 7.78. The fourth-order valence-electron chi connectivity index (χ4n) is 2.79. The molecule has 0 spiro atoms. The molecule has 0 aliphatic carbocycles. The Morgan fingerprint density at radius 2 is 1.76 bits per heavy atom. The van der Waals surface area contributed by atoms with Crippen molar-refractivity contribution in [2.24, 2.45) is 5.92 Å². The van der Waals surface area contributed by atoms with Crippen LogP contribution in [0.15, 0.2) is 24.3 Å². The maximum absolute atomic E-state index is 12.2. The minimum absolute atomic E-state index is 0.144.